The van der Waals surface area contributed by atoms with Crippen LogP contribution in [0.25, 0.3) is 11.4 Å². The number of hydrogen-bond donors (Lipinski definition) is 1. The summed E-state index contributed by atoms with van der Waals surface area (Å²) in [5, 5.41) is 12.0. The predicted molar refractivity (Wildman–Crippen MR) is 107 cm³/mol. The third-order valence-electron chi connectivity index (χ3n) is 3.60. The summed E-state index contributed by atoms with van der Waals surface area (Å²) in [6.45, 7) is 6.12. The Hall–Kier alpha value is -2.71. The Morgan fingerprint density at radius 2 is 2.11 bits per heavy atom. The molecule has 7 nitrogen and oxygen atoms in total. The molecule has 1 atom stereocenters. The largest absolute Gasteiger partial charge is 0.310 e. The summed E-state index contributed by atoms with van der Waals surface area (Å²) in [5.74, 6) is 0.960. The monoisotopic (exact) mass is 400 g/mol. The summed E-state index contributed by atoms with van der Waals surface area (Å²) in [6.07, 6.45) is 6.64. The minimum atomic E-state index is -0.402. The molecule has 0 unspecified atom stereocenters. The van der Waals surface area contributed by atoms with Gasteiger partial charge >= 0.3 is 0 Å². The smallest absolute Gasteiger partial charge is 0.238 e. The highest BCUT2D eigenvalue weighted by atomic mass is 35.5. The lowest BCUT2D eigenvalue weighted by atomic mass is 10.2. The number of nitrogens with one attached hydrogen (secondary N) is 1. The first-order valence-electron chi connectivity index (χ1n) is 8.12. The van der Waals surface area contributed by atoms with E-state index < -0.39 is 5.25 Å². The molecule has 0 bridgehead atoms. The van der Waals surface area contributed by atoms with Crippen LogP contribution in [-0.4, -0.2) is 35.9 Å². The van der Waals surface area contributed by atoms with Gasteiger partial charge in [-0.15, -0.1) is 16.8 Å². The molecule has 3 aromatic heterocycles. The molecule has 0 spiro atoms. The van der Waals surface area contributed by atoms with Gasteiger partial charge in [0.15, 0.2) is 11.0 Å². The minimum Gasteiger partial charge on any atom is -0.310 e. The maximum Gasteiger partial charge on any atom is 0.238 e. The average Bonchev–Trinajstić information content (AvgIpc) is 3.07. The van der Waals surface area contributed by atoms with Gasteiger partial charge < -0.3 is 5.32 Å². The first-order valence-corrected chi connectivity index (χ1v) is 9.38. The van der Waals surface area contributed by atoms with Gasteiger partial charge in [-0.1, -0.05) is 29.4 Å². The number of rotatable bonds is 7. The van der Waals surface area contributed by atoms with Gasteiger partial charge in [0.2, 0.25) is 5.91 Å². The van der Waals surface area contributed by atoms with E-state index in [2.05, 4.69) is 32.1 Å². The Bertz CT molecular complexity index is 929. The topological polar surface area (TPSA) is 85.6 Å². The van der Waals surface area contributed by atoms with Gasteiger partial charge in [0.25, 0.3) is 0 Å². The van der Waals surface area contributed by atoms with Crippen LogP contribution in [0.4, 0.5) is 5.82 Å². The van der Waals surface area contributed by atoms with Crippen LogP contribution in [-0.2, 0) is 11.3 Å². The fourth-order valence-corrected chi connectivity index (χ4v) is 3.24. The summed E-state index contributed by atoms with van der Waals surface area (Å²) in [7, 11) is 0. The van der Waals surface area contributed by atoms with Gasteiger partial charge in [-0.05, 0) is 31.2 Å². The molecule has 3 heterocycles. The summed E-state index contributed by atoms with van der Waals surface area (Å²) in [4.78, 5) is 20.6. The summed E-state index contributed by atoms with van der Waals surface area (Å²) in [6, 6.07) is 7.05. The minimum absolute atomic E-state index is 0.187. The van der Waals surface area contributed by atoms with E-state index in [1.54, 1.807) is 37.5 Å². The molecule has 0 radical (unpaired) electrons. The summed E-state index contributed by atoms with van der Waals surface area (Å²) >= 11 is 7.12. The van der Waals surface area contributed by atoms with E-state index in [1.807, 2.05) is 16.7 Å². The number of anilines is 1. The highest BCUT2D eigenvalue weighted by Gasteiger charge is 2.20. The fraction of sp³-hybridized carbons (Fsp3) is 0.167. The molecular formula is C18H17ClN6OS. The van der Waals surface area contributed by atoms with Gasteiger partial charge in [-0.2, -0.15) is 0 Å². The van der Waals surface area contributed by atoms with Crippen molar-refractivity contribution in [3.63, 3.8) is 0 Å². The van der Waals surface area contributed by atoms with Crippen LogP contribution in [0.2, 0.25) is 5.02 Å². The Balaban J connectivity index is 1.76. The second-order valence-electron chi connectivity index (χ2n) is 5.55. The van der Waals surface area contributed by atoms with E-state index in [0.29, 0.717) is 28.4 Å². The third kappa shape index (κ3) is 4.72. The first kappa shape index (κ1) is 19.1. The second-order valence-corrected chi connectivity index (χ2v) is 7.30. The van der Waals surface area contributed by atoms with Crippen molar-refractivity contribution in [2.75, 3.05) is 5.32 Å². The zero-order valence-electron chi connectivity index (χ0n) is 14.5. The van der Waals surface area contributed by atoms with E-state index >= 15 is 0 Å². The van der Waals surface area contributed by atoms with Crippen LogP contribution >= 0.6 is 23.4 Å². The van der Waals surface area contributed by atoms with Crippen molar-refractivity contribution in [3.05, 3.63) is 60.5 Å². The molecule has 0 saturated heterocycles. The molecule has 1 N–H and O–H groups in total. The van der Waals surface area contributed by atoms with Crippen LogP contribution < -0.4 is 5.32 Å². The highest BCUT2D eigenvalue weighted by molar-refractivity contribution is 8.00. The summed E-state index contributed by atoms with van der Waals surface area (Å²) < 4.78 is 1.91. The molecule has 0 aliphatic carbocycles. The van der Waals surface area contributed by atoms with E-state index in [0.717, 1.165) is 5.56 Å². The molecule has 0 saturated carbocycles. The highest BCUT2D eigenvalue weighted by Crippen LogP contribution is 2.27. The number of amides is 1. The maximum absolute atomic E-state index is 12.5. The van der Waals surface area contributed by atoms with Gasteiger partial charge in [0, 0.05) is 30.7 Å². The lowest BCUT2D eigenvalue weighted by Crippen LogP contribution is -2.23. The molecule has 3 aromatic rings. The van der Waals surface area contributed by atoms with E-state index in [1.165, 1.54) is 18.0 Å². The van der Waals surface area contributed by atoms with Crippen molar-refractivity contribution in [1.82, 2.24) is 24.7 Å². The zero-order chi connectivity index (χ0) is 19.2. The van der Waals surface area contributed by atoms with Crippen molar-refractivity contribution >= 4 is 35.1 Å². The molecule has 0 aliphatic rings. The lowest BCUT2D eigenvalue weighted by Gasteiger charge is -2.12. The van der Waals surface area contributed by atoms with Crippen molar-refractivity contribution < 1.29 is 4.79 Å². The van der Waals surface area contributed by atoms with Crippen LogP contribution in [0.5, 0.6) is 0 Å². The number of nitrogens with zero attached hydrogens (tertiary/aromatic N) is 5. The van der Waals surface area contributed by atoms with E-state index in [-0.39, 0.29) is 5.91 Å². The van der Waals surface area contributed by atoms with Crippen molar-refractivity contribution in [3.8, 4) is 11.4 Å². The second kappa shape index (κ2) is 8.79. The Morgan fingerprint density at radius 1 is 1.33 bits per heavy atom. The Labute approximate surface area is 165 Å². The predicted octanol–water partition coefficient (Wildman–Crippen LogP) is 3.69. The van der Waals surface area contributed by atoms with Crippen molar-refractivity contribution in [1.29, 1.82) is 0 Å². The Kier molecular flexibility index (Phi) is 6.20. The molecule has 27 heavy (non-hydrogen) atoms. The molecule has 0 aromatic carbocycles. The van der Waals surface area contributed by atoms with Gasteiger partial charge in [-0.3, -0.25) is 14.3 Å². The van der Waals surface area contributed by atoms with Crippen molar-refractivity contribution in [2.45, 2.75) is 23.9 Å². The first-order chi connectivity index (χ1) is 13.1. The molecular weight excluding hydrogens is 384 g/mol. The molecule has 138 valence electrons. The molecule has 1 amide bonds. The van der Waals surface area contributed by atoms with E-state index in [4.69, 9.17) is 11.6 Å². The Morgan fingerprint density at radius 3 is 2.78 bits per heavy atom. The van der Waals surface area contributed by atoms with Crippen LogP contribution in [0.3, 0.4) is 0 Å². The number of aromatic nitrogens is 5. The van der Waals surface area contributed by atoms with Crippen molar-refractivity contribution in [2.24, 2.45) is 0 Å². The number of thioether (sulfide) groups is 1. The van der Waals surface area contributed by atoms with E-state index in [9.17, 15) is 4.79 Å². The average molecular weight is 401 g/mol. The van der Waals surface area contributed by atoms with Gasteiger partial charge in [-0.25, -0.2) is 4.98 Å². The zero-order valence-corrected chi connectivity index (χ0v) is 16.1. The SMILES string of the molecule is C=CCn1c(S[C@@H](C)C(=O)Nc2ccc(Cl)cn2)nnc1-c1ccncc1. The molecule has 3 rings (SSSR count). The van der Waals surface area contributed by atoms with Crippen LogP contribution in [0.15, 0.2) is 60.7 Å². The maximum atomic E-state index is 12.5. The number of pyridine rings is 2. The summed E-state index contributed by atoms with van der Waals surface area (Å²) in [5.41, 5.74) is 0.897. The van der Waals surface area contributed by atoms with Gasteiger partial charge in [0.1, 0.15) is 5.82 Å². The molecule has 9 heteroatoms. The molecule has 0 fully saturated rings. The number of hydrogen-bond acceptors (Lipinski definition) is 6. The number of allylic oxidation sites excluding steroid dienone is 1. The number of halogens is 1. The van der Waals surface area contributed by atoms with Gasteiger partial charge in [0.05, 0.1) is 10.3 Å². The van der Waals surface area contributed by atoms with Crippen LogP contribution in [0, 0.1) is 0 Å². The number of carbonyl (C=O) groups is 1. The standard InChI is InChI=1S/C18H17ClN6OS/c1-3-10-25-16(13-6-8-20-9-7-13)23-24-18(25)27-12(2)17(26)22-15-5-4-14(19)11-21-15/h3-9,11-12H,1,10H2,2H3,(H,21,22,26)/t12-/m0/s1. The lowest BCUT2D eigenvalue weighted by molar-refractivity contribution is -0.115. The molecule has 0 aliphatic heterocycles. The normalized spacial score (nSPS) is 11.8. The van der Waals surface area contributed by atoms with Crippen LogP contribution in [0.1, 0.15) is 6.92 Å². The third-order valence-corrected chi connectivity index (χ3v) is 4.90. The number of carbonyl (C=O) groups excluding carboxylic acids is 1. The fourth-order valence-electron chi connectivity index (χ4n) is 2.27. The quantitative estimate of drug-likeness (QED) is 0.480.